The van der Waals surface area contributed by atoms with Crippen LogP contribution in [0.4, 0.5) is 0 Å². The molecule has 0 radical (unpaired) electrons. The first-order chi connectivity index (χ1) is 12.7. The second-order valence-corrected chi connectivity index (χ2v) is 6.78. The molecule has 1 fully saturated rings. The molecule has 132 valence electrons. The fourth-order valence-corrected chi connectivity index (χ4v) is 3.02. The van der Waals surface area contributed by atoms with E-state index in [4.69, 9.17) is 0 Å². The minimum Gasteiger partial charge on any atom is -0.361 e. The smallest absolute Gasteiger partial charge is 0.252 e. The van der Waals surface area contributed by atoms with Gasteiger partial charge in [0, 0.05) is 29.7 Å². The van der Waals surface area contributed by atoms with Gasteiger partial charge in [0.25, 0.3) is 5.91 Å². The third-order valence-corrected chi connectivity index (χ3v) is 4.65. The quantitative estimate of drug-likeness (QED) is 0.641. The molecule has 26 heavy (non-hydrogen) atoms. The standard InChI is InChI=1S/C21H21N3O2/c25-20(16-7-6-15-10-11-22-18(15)13-16)24-19(21(26)23-17-8-9-17)12-14-4-2-1-3-5-14/h1-7,10-11,13,17,19,22H,8-9,12H2,(H,23,26)(H,24,25)/t19-/m0/s1. The van der Waals surface area contributed by atoms with Crippen molar-refractivity contribution in [1.29, 1.82) is 0 Å². The molecule has 2 aromatic carbocycles. The van der Waals surface area contributed by atoms with E-state index in [-0.39, 0.29) is 17.9 Å². The topological polar surface area (TPSA) is 74.0 Å². The molecular formula is C21H21N3O2. The van der Waals surface area contributed by atoms with E-state index < -0.39 is 6.04 Å². The van der Waals surface area contributed by atoms with Crippen molar-refractivity contribution in [2.24, 2.45) is 0 Å². The number of aromatic amines is 1. The lowest BCUT2D eigenvalue weighted by molar-refractivity contribution is -0.123. The maximum absolute atomic E-state index is 12.7. The van der Waals surface area contributed by atoms with Crippen LogP contribution in [0, 0.1) is 0 Å². The Bertz CT molecular complexity index is 929. The number of aromatic nitrogens is 1. The first-order valence-corrected chi connectivity index (χ1v) is 8.91. The highest BCUT2D eigenvalue weighted by atomic mass is 16.2. The van der Waals surface area contributed by atoms with E-state index >= 15 is 0 Å². The Hall–Kier alpha value is -3.08. The number of hydrogen-bond donors (Lipinski definition) is 3. The first-order valence-electron chi connectivity index (χ1n) is 8.91. The van der Waals surface area contributed by atoms with Crippen molar-refractivity contribution in [1.82, 2.24) is 15.6 Å². The van der Waals surface area contributed by atoms with Crippen molar-refractivity contribution in [2.75, 3.05) is 0 Å². The van der Waals surface area contributed by atoms with Crippen LogP contribution in [0.2, 0.25) is 0 Å². The molecule has 2 amide bonds. The van der Waals surface area contributed by atoms with Gasteiger partial charge in [-0.15, -0.1) is 0 Å². The molecule has 5 nitrogen and oxygen atoms in total. The highest BCUT2D eigenvalue weighted by molar-refractivity contribution is 6.00. The van der Waals surface area contributed by atoms with Crippen LogP contribution < -0.4 is 10.6 Å². The van der Waals surface area contributed by atoms with Crippen molar-refractivity contribution >= 4 is 22.7 Å². The summed E-state index contributed by atoms with van der Waals surface area (Å²) in [5.74, 6) is -0.362. The summed E-state index contributed by atoms with van der Waals surface area (Å²) in [6.07, 6.45) is 4.34. The average Bonchev–Trinajstić information content (AvgIpc) is 3.34. The van der Waals surface area contributed by atoms with Gasteiger partial charge in [-0.1, -0.05) is 36.4 Å². The number of amides is 2. The van der Waals surface area contributed by atoms with Crippen LogP contribution in [0.25, 0.3) is 10.9 Å². The third kappa shape index (κ3) is 3.77. The molecule has 1 aromatic heterocycles. The van der Waals surface area contributed by atoms with Gasteiger partial charge >= 0.3 is 0 Å². The minimum absolute atomic E-state index is 0.120. The Balaban J connectivity index is 1.52. The second kappa shape index (κ2) is 7.04. The molecule has 0 bridgehead atoms. The number of fused-ring (bicyclic) bond motifs is 1. The fourth-order valence-electron chi connectivity index (χ4n) is 3.02. The van der Waals surface area contributed by atoms with E-state index in [1.807, 2.05) is 54.7 Å². The number of carbonyl (C=O) groups is 2. The van der Waals surface area contributed by atoms with Gasteiger partial charge in [-0.2, -0.15) is 0 Å². The zero-order valence-electron chi connectivity index (χ0n) is 14.4. The summed E-state index contributed by atoms with van der Waals surface area (Å²) in [6, 6.07) is 16.9. The molecule has 3 aromatic rings. The summed E-state index contributed by atoms with van der Waals surface area (Å²) < 4.78 is 0. The van der Waals surface area contributed by atoms with Crippen LogP contribution in [0.3, 0.4) is 0 Å². The molecule has 1 aliphatic rings. The molecule has 4 rings (SSSR count). The molecular weight excluding hydrogens is 326 g/mol. The number of carbonyl (C=O) groups excluding carboxylic acids is 2. The summed E-state index contributed by atoms with van der Waals surface area (Å²) >= 11 is 0. The van der Waals surface area contributed by atoms with E-state index in [9.17, 15) is 9.59 Å². The highest BCUT2D eigenvalue weighted by Crippen LogP contribution is 2.19. The average molecular weight is 347 g/mol. The van der Waals surface area contributed by atoms with E-state index in [0.29, 0.717) is 12.0 Å². The molecule has 0 unspecified atom stereocenters. The normalized spacial score (nSPS) is 14.8. The number of rotatable bonds is 6. The van der Waals surface area contributed by atoms with E-state index in [1.54, 1.807) is 6.07 Å². The third-order valence-electron chi connectivity index (χ3n) is 4.65. The Morgan fingerprint density at radius 1 is 1.08 bits per heavy atom. The van der Waals surface area contributed by atoms with Crippen LogP contribution in [0.5, 0.6) is 0 Å². The molecule has 0 saturated heterocycles. The highest BCUT2D eigenvalue weighted by Gasteiger charge is 2.28. The summed E-state index contributed by atoms with van der Waals surface area (Å²) in [5.41, 5.74) is 2.46. The SMILES string of the molecule is O=C(N[C@@H](Cc1ccccc1)C(=O)NC1CC1)c1ccc2cc[nH]c2c1. The number of hydrogen-bond acceptors (Lipinski definition) is 2. The van der Waals surface area contributed by atoms with Crippen LogP contribution in [-0.2, 0) is 11.2 Å². The number of nitrogens with one attached hydrogen (secondary N) is 3. The Morgan fingerprint density at radius 2 is 1.88 bits per heavy atom. The number of H-pyrrole nitrogens is 1. The summed E-state index contributed by atoms with van der Waals surface area (Å²) in [6.45, 7) is 0. The summed E-state index contributed by atoms with van der Waals surface area (Å²) in [4.78, 5) is 28.4. The van der Waals surface area contributed by atoms with Gasteiger partial charge < -0.3 is 15.6 Å². The molecule has 1 heterocycles. The van der Waals surface area contributed by atoms with E-state index in [1.165, 1.54) is 0 Å². The molecule has 1 saturated carbocycles. The summed E-state index contributed by atoms with van der Waals surface area (Å²) in [7, 11) is 0. The lowest BCUT2D eigenvalue weighted by atomic mass is 10.0. The Kier molecular flexibility index (Phi) is 4.44. The zero-order valence-corrected chi connectivity index (χ0v) is 14.4. The van der Waals surface area contributed by atoms with Crippen molar-refractivity contribution in [3.63, 3.8) is 0 Å². The van der Waals surface area contributed by atoms with Crippen LogP contribution in [-0.4, -0.2) is 28.9 Å². The lowest BCUT2D eigenvalue weighted by Gasteiger charge is -2.19. The molecule has 5 heteroatoms. The Morgan fingerprint density at radius 3 is 2.65 bits per heavy atom. The van der Waals surface area contributed by atoms with Crippen molar-refractivity contribution in [2.45, 2.75) is 31.3 Å². The molecule has 0 spiro atoms. The first kappa shape index (κ1) is 16.4. The predicted molar refractivity (Wildman–Crippen MR) is 101 cm³/mol. The fraction of sp³-hybridized carbons (Fsp3) is 0.238. The maximum Gasteiger partial charge on any atom is 0.252 e. The van der Waals surface area contributed by atoms with Gasteiger partial charge in [-0.25, -0.2) is 0 Å². The summed E-state index contributed by atoms with van der Waals surface area (Å²) in [5, 5.41) is 6.95. The lowest BCUT2D eigenvalue weighted by Crippen LogP contribution is -2.48. The Labute approximate surface area is 151 Å². The van der Waals surface area contributed by atoms with Crippen LogP contribution in [0.15, 0.2) is 60.8 Å². The molecule has 1 aliphatic carbocycles. The van der Waals surface area contributed by atoms with Crippen molar-refractivity contribution in [3.05, 3.63) is 71.9 Å². The van der Waals surface area contributed by atoms with E-state index in [0.717, 1.165) is 29.3 Å². The van der Waals surface area contributed by atoms with Gasteiger partial charge in [-0.3, -0.25) is 9.59 Å². The van der Waals surface area contributed by atoms with Crippen molar-refractivity contribution < 1.29 is 9.59 Å². The predicted octanol–water partition coefficient (Wildman–Crippen LogP) is 2.79. The monoisotopic (exact) mass is 347 g/mol. The molecule has 0 aliphatic heterocycles. The van der Waals surface area contributed by atoms with Gasteiger partial charge in [0.05, 0.1) is 0 Å². The molecule has 1 atom stereocenters. The van der Waals surface area contributed by atoms with Gasteiger partial charge in [0.15, 0.2) is 0 Å². The molecule has 3 N–H and O–H groups in total. The maximum atomic E-state index is 12.7. The van der Waals surface area contributed by atoms with Gasteiger partial charge in [0.1, 0.15) is 6.04 Å². The van der Waals surface area contributed by atoms with Crippen molar-refractivity contribution in [3.8, 4) is 0 Å². The number of benzene rings is 2. The van der Waals surface area contributed by atoms with Crippen LogP contribution >= 0.6 is 0 Å². The van der Waals surface area contributed by atoms with E-state index in [2.05, 4.69) is 15.6 Å². The largest absolute Gasteiger partial charge is 0.361 e. The second-order valence-electron chi connectivity index (χ2n) is 6.78. The zero-order chi connectivity index (χ0) is 17.9. The van der Waals surface area contributed by atoms with Gasteiger partial charge in [-0.05, 0) is 42.0 Å². The minimum atomic E-state index is -0.593. The van der Waals surface area contributed by atoms with Crippen LogP contribution in [0.1, 0.15) is 28.8 Å². The van der Waals surface area contributed by atoms with Gasteiger partial charge in [0.2, 0.25) is 5.91 Å².